The Morgan fingerprint density at radius 3 is 3.10 bits per heavy atom. The minimum atomic E-state index is -0.369. The van der Waals surface area contributed by atoms with Crippen LogP contribution in [0.1, 0.15) is 30.1 Å². The third-order valence-corrected chi connectivity index (χ3v) is 4.10. The second-order valence-electron chi connectivity index (χ2n) is 5.07. The Balaban J connectivity index is 1.54. The molecule has 21 heavy (non-hydrogen) atoms. The number of carbonyl (C=O) groups is 1. The summed E-state index contributed by atoms with van der Waals surface area (Å²) in [6, 6.07) is 4.32. The highest BCUT2D eigenvalue weighted by Crippen LogP contribution is 2.38. The van der Waals surface area contributed by atoms with Gasteiger partial charge in [-0.15, -0.1) is 5.10 Å². The number of aromatic amines is 1. The summed E-state index contributed by atoms with van der Waals surface area (Å²) in [7, 11) is 0. The predicted molar refractivity (Wildman–Crippen MR) is 78.8 cm³/mol. The Kier molecular flexibility index (Phi) is 3.92. The van der Waals surface area contributed by atoms with Crippen molar-refractivity contribution in [3.63, 3.8) is 0 Å². The molecule has 0 aliphatic heterocycles. The van der Waals surface area contributed by atoms with E-state index < -0.39 is 0 Å². The molecule has 7 heteroatoms. The fourth-order valence-corrected chi connectivity index (χ4v) is 2.51. The molecule has 1 fully saturated rings. The zero-order chi connectivity index (χ0) is 14.8. The SMILES string of the molecule is Cc1ccc(F)cc1NC(=O)CSc1n[nH]c(C2CC2)n1. The summed E-state index contributed by atoms with van der Waals surface area (Å²) in [6.45, 7) is 1.82. The number of H-pyrrole nitrogens is 1. The molecule has 0 spiro atoms. The summed E-state index contributed by atoms with van der Waals surface area (Å²) >= 11 is 1.26. The monoisotopic (exact) mass is 306 g/mol. The lowest BCUT2D eigenvalue weighted by Crippen LogP contribution is -2.15. The first-order valence-electron chi connectivity index (χ1n) is 6.73. The standard InChI is InChI=1S/C14H15FN4OS/c1-8-2-5-10(15)6-11(8)16-12(20)7-21-14-17-13(18-19-14)9-3-4-9/h2,5-6,9H,3-4,7H2,1H3,(H,16,20)(H,17,18,19). The second kappa shape index (κ2) is 5.85. The molecule has 1 amide bonds. The number of nitrogens with zero attached hydrogens (tertiary/aromatic N) is 2. The molecule has 0 saturated heterocycles. The van der Waals surface area contributed by atoms with Crippen molar-refractivity contribution in [2.75, 3.05) is 11.1 Å². The number of aryl methyl sites for hydroxylation is 1. The topological polar surface area (TPSA) is 70.7 Å². The van der Waals surface area contributed by atoms with E-state index in [4.69, 9.17) is 0 Å². The number of hydrogen-bond donors (Lipinski definition) is 2. The Hall–Kier alpha value is -1.89. The van der Waals surface area contributed by atoms with E-state index in [1.54, 1.807) is 6.07 Å². The van der Waals surface area contributed by atoms with Gasteiger partial charge in [0.2, 0.25) is 11.1 Å². The molecule has 2 N–H and O–H groups in total. The maximum Gasteiger partial charge on any atom is 0.234 e. The fourth-order valence-electron chi connectivity index (χ4n) is 1.91. The Bertz CT molecular complexity index is 669. The molecule has 1 heterocycles. The molecule has 0 radical (unpaired) electrons. The average Bonchev–Trinajstić information content (AvgIpc) is 3.20. The smallest absolute Gasteiger partial charge is 0.234 e. The first-order valence-corrected chi connectivity index (χ1v) is 7.71. The number of hydrogen-bond acceptors (Lipinski definition) is 4. The third-order valence-electron chi connectivity index (χ3n) is 3.25. The zero-order valence-electron chi connectivity index (χ0n) is 11.5. The number of carbonyl (C=O) groups excluding carboxylic acids is 1. The van der Waals surface area contributed by atoms with Gasteiger partial charge < -0.3 is 5.32 Å². The molecule has 1 aromatic carbocycles. The van der Waals surface area contributed by atoms with E-state index in [9.17, 15) is 9.18 Å². The Morgan fingerprint density at radius 2 is 2.33 bits per heavy atom. The van der Waals surface area contributed by atoms with Gasteiger partial charge in [0.15, 0.2) is 0 Å². The van der Waals surface area contributed by atoms with Gasteiger partial charge >= 0.3 is 0 Å². The molecule has 3 rings (SSSR count). The van der Waals surface area contributed by atoms with Gasteiger partial charge in [0.25, 0.3) is 0 Å². The molecule has 1 aliphatic carbocycles. The van der Waals surface area contributed by atoms with Crippen LogP contribution in [0.4, 0.5) is 10.1 Å². The average molecular weight is 306 g/mol. The van der Waals surface area contributed by atoms with E-state index in [1.165, 1.54) is 23.9 Å². The van der Waals surface area contributed by atoms with Crippen LogP contribution in [0.25, 0.3) is 0 Å². The van der Waals surface area contributed by atoms with Gasteiger partial charge in [0, 0.05) is 11.6 Å². The maximum atomic E-state index is 13.2. The number of halogens is 1. The molecule has 0 unspecified atom stereocenters. The highest BCUT2D eigenvalue weighted by Gasteiger charge is 2.27. The molecule has 1 saturated carbocycles. The van der Waals surface area contributed by atoms with Crippen molar-refractivity contribution in [1.82, 2.24) is 15.2 Å². The quantitative estimate of drug-likeness (QED) is 0.833. The van der Waals surface area contributed by atoms with E-state index in [-0.39, 0.29) is 17.5 Å². The van der Waals surface area contributed by atoms with E-state index in [1.807, 2.05) is 6.92 Å². The Morgan fingerprint density at radius 1 is 1.52 bits per heavy atom. The van der Waals surface area contributed by atoms with Gasteiger partial charge in [-0.1, -0.05) is 17.8 Å². The highest BCUT2D eigenvalue weighted by molar-refractivity contribution is 7.99. The van der Waals surface area contributed by atoms with Crippen LogP contribution in [-0.2, 0) is 4.79 Å². The molecule has 0 bridgehead atoms. The lowest BCUT2D eigenvalue weighted by atomic mass is 10.2. The molecule has 1 aromatic heterocycles. The van der Waals surface area contributed by atoms with Crippen LogP contribution in [0.3, 0.4) is 0 Å². The number of aromatic nitrogens is 3. The first kappa shape index (κ1) is 14.1. The van der Waals surface area contributed by atoms with Gasteiger partial charge in [-0.05, 0) is 37.5 Å². The minimum absolute atomic E-state index is 0.192. The summed E-state index contributed by atoms with van der Waals surface area (Å²) < 4.78 is 13.2. The Labute approximate surface area is 125 Å². The summed E-state index contributed by atoms with van der Waals surface area (Å²) in [6.07, 6.45) is 2.30. The van der Waals surface area contributed by atoms with Crippen LogP contribution in [0.15, 0.2) is 23.4 Å². The van der Waals surface area contributed by atoms with Gasteiger partial charge in [-0.2, -0.15) is 0 Å². The molecule has 0 atom stereocenters. The number of rotatable bonds is 5. The van der Waals surface area contributed by atoms with Crippen molar-refractivity contribution in [2.45, 2.75) is 30.8 Å². The third kappa shape index (κ3) is 3.60. The normalized spacial score (nSPS) is 14.2. The van der Waals surface area contributed by atoms with Crippen LogP contribution < -0.4 is 5.32 Å². The lowest BCUT2D eigenvalue weighted by molar-refractivity contribution is -0.113. The largest absolute Gasteiger partial charge is 0.325 e. The second-order valence-corrected chi connectivity index (χ2v) is 6.02. The van der Waals surface area contributed by atoms with Crippen LogP contribution in [-0.4, -0.2) is 26.8 Å². The van der Waals surface area contributed by atoms with Crippen LogP contribution in [0, 0.1) is 12.7 Å². The molecule has 2 aromatic rings. The number of nitrogens with one attached hydrogen (secondary N) is 2. The molecule has 110 valence electrons. The summed E-state index contributed by atoms with van der Waals surface area (Å²) in [5, 5.41) is 10.2. The number of benzene rings is 1. The van der Waals surface area contributed by atoms with Crippen molar-refractivity contribution in [2.24, 2.45) is 0 Å². The van der Waals surface area contributed by atoms with Gasteiger partial charge in [-0.3, -0.25) is 9.89 Å². The van der Waals surface area contributed by atoms with E-state index in [2.05, 4.69) is 20.5 Å². The van der Waals surface area contributed by atoms with Gasteiger partial charge in [-0.25, -0.2) is 9.37 Å². The van der Waals surface area contributed by atoms with Crippen molar-refractivity contribution in [1.29, 1.82) is 0 Å². The van der Waals surface area contributed by atoms with E-state index in [0.29, 0.717) is 16.8 Å². The van der Waals surface area contributed by atoms with Crippen LogP contribution >= 0.6 is 11.8 Å². The summed E-state index contributed by atoms with van der Waals surface area (Å²) in [5.74, 6) is 1.03. The van der Waals surface area contributed by atoms with Crippen LogP contribution in [0.2, 0.25) is 0 Å². The zero-order valence-corrected chi connectivity index (χ0v) is 12.3. The van der Waals surface area contributed by atoms with Crippen molar-refractivity contribution >= 4 is 23.4 Å². The van der Waals surface area contributed by atoms with E-state index >= 15 is 0 Å². The van der Waals surface area contributed by atoms with E-state index in [0.717, 1.165) is 24.2 Å². The van der Waals surface area contributed by atoms with Crippen molar-refractivity contribution in [3.05, 3.63) is 35.4 Å². The van der Waals surface area contributed by atoms with Crippen LogP contribution in [0.5, 0.6) is 0 Å². The summed E-state index contributed by atoms with van der Waals surface area (Å²) in [4.78, 5) is 16.2. The number of thioether (sulfide) groups is 1. The molecule has 5 nitrogen and oxygen atoms in total. The molecular formula is C14H15FN4OS. The predicted octanol–water partition coefficient (Wildman–Crippen LogP) is 2.86. The lowest BCUT2D eigenvalue weighted by Gasteiger charge is -2.07. The first-order chi connectivity index (χ1) is 10.1. The van der Waals surface area contributed by atoms with Gasteiger partial charge in [0.05, 0.1) is 5.75 Å². The number of amides is 1. The van der Waals surface area contributed by atoms with Crippen molar-refractivity contribution < 1.29 is 9.18 Å². The summed E-state index contributed by atoms with van der Waals surface area (Å²) in [5.41, 5.74) is 1.32. The maximum absolute atomic E-state index is 13.2. The fraction of sp³-hybridized carbons (Fsp3) is 0.357. The highest BCUT2D eigenvalue weighted by atomic mass is 32.2. The molecule has 1 aliphatic rings. The van der Waals surface area contributed by atoms with Crippen molar-refractivity contribution in [3.8, 4) is 0 Å². The molecular weight excluding hydrogens is 291 g/mol. The number of anilines is 1. The minimum Gasteiger partial charge on any atom is -0.325 e. The van der Waals surface area contributed by atoms with Gasteiger partial charge in [0.1, 0.15) is 11.6 Å².